The first-order valence-electron chi connectivity index (χ1n) is 6.10. The number of benzene rings is 1. The van der Waals surface area contributed by atoms with Gasteiger partial charge in [-0.1, -0.05) is 15.9 Å². The quantitative estimate of drug-likeness (QED) is 0.782. The van der Waals surface area contributed by atoms with Crippen molar-refractivity contribution in [2.45, 2.75) is 0 Å². The van der Waals surface area contributed by atoms with Gasteiger partial charge in [0.2, 0.25) is 11.9 Å². The van der Waals surface area contributed by atoms with Gasteiger partial charge in [0.1, 0.15) is 12.1 Å². The number of halogens is 1. The van der Waals surface area contributed by atoms with Crippen LogP contribution in [-0.4, -0.2) is 31.6 Å². The summed E-state index contributed by atoms with van der Waals surface area (Å²) in [7, 11) is 1.73. The lowest BCUT2D eigenvalue weighted by molar-refractivity contribution is 0.439. The van der Waals surface area contributed by atoms with Crippen molar-refractivity contribution in [3.05, 3.63) is 47.5 Å². The van der Waals surface area contributed by atoms with Gasteiger partial charge >= 0.3 is 6.01 Å². The molecule has 0 amide bonds. The second-order valence-corrected chi connectivity index (χ2v) is 4.93. The molecule has 2 heterocycles. The second-order valence-electron chi connectivity index (χ2n) is 4.02. The lowest BCUT2D eigenvalue weighted by atomic mass is 10.3. The zero-order valence-corrected chi connectivity index (χ0v) is 12.6. The van der Waals surface area contributed by atoms with Crippen LogP contribution in [0.5, 0.6) is 11.8 Å². The van der Waals surface area contributed by atoms with Gasteiger partial charge < -0.3 is 10.1 Å². The molecule has 2 aromatic heterocycles. The maximum Gasteiger partial charge on any atom is 0.328 e. The van der Waals surface area contributed by atoms with E-state index in [1.165, 1.54) is 0 Å². The van der Waals surface area contributed by atoms with Gasteiger partial charge in [-0.3, -0.25) is 4.57 Å². The second kappa shape index (κ2) is 5.88. The molecule has 0 aliphatic rings. The highest BCUT2D eigenvalue weighted by Gasteiger charge is 2.09. The third-order valence-electron chi connectivity index (χ3n) is 2.58. The monoisotopic (exact) mass is 346 g/mol. The summed E-state index contributed by atoms with van der Waals surface area (Å²) in [6.45, 7) is 0. The highest BCUT2D eigenvalue weighted by Crippen LogP contribution is 2.21. The molecule has 8 heteroatoms. The fourth-order valence-electron chi connectivity index (χ4n) is 1.60. The number of hydrogen-bond acceptors (Lipinski definition) is 6. The number of nitrogens with one attached hydrogen (secondary N) is 1. The van der Waals surface area contributed by atoms with Crippen LogP contribution in [0.15, 0.2) is 47.5 Å². The number of aromatic nitrogens is 5. The Kier molecular flexibility index (Phi) is 3.78. The Balaban J connectivity index is 1.94. The molecule has 0 aliphatic carbocycles. The summed E-state index contributed by atoms with van der Waals surface area (Å²) in [5, 5.41) is 2.88. The van der Waals surface area contributed by atoms with Crippen LogP contribution in [0.1, 0.15) is 0 Å². The van der Waals surface area contributed by atoms with Crippen molar-refractivity contribution >= 4 is 21.9 Å². The molecule has 0 atom stereocenters. The minimum atomic E-state index is 0.209. The summed E-state index contributed by atoms with van der Waals surface area (Å²) in [6.07, 6.45) is 5.01. The van der Waals surface area contributed by atoms with Gasteiger partial charge in [0.05, 0.1) is 0 Å². The molecule has 106 valence electrons. The Labute approximate surface area is 129 Å². The molecule has 3 aromatic rings. The zero-order valence-electron chi connectivity index (χ0n) is 11.1. The number of ether oxygens (including phenoxy) is 1. The molecule has 0 aliphatic heterocycles. The highest BCUT2D eigenvalue weighted by molar-refractivity contribution is 9.10. The van der Waals surface area contributed by atoms with Gasteiger partial charge in [-0.05, 0) is 24.3 Å². The molecule has 0 spiro atoms. The van der Waals surface area contributed by atoms with Gasteiger partial charge in [0.25, 0.3) is 0 Å². The molecule has 0 saturated carbocycles. The molecule has 0 bridgehead atoms. The SMILES string of the molecule is CNc1nc(Oc2ccc(Br)cc2)nc(-n2ccnc2)n1. The van der Waals surface area contributed by atoms with E-state index in [0.29, 0.717) is 17.6 Å². The number of rotatable bonds is 4. The summed E-state index contributed by atoms with van der Waals surface area (Å²) >= 11 is 3.37. The van der Waals surface area contributed by atoms with Crippen LogP contribution in [0, 0.1) is 0 Å². The van der Waals surface area contributed by atoms with E-state index in [9.17, 15) is 0 Å². The molecule has 0 unspecified atom stereocenters. The highest BCUT2D eigenvalue weighted by atomic mass is 79.9. The van der Waals surface area contributed by atoms with E-state index in [4.69, 9.17) is 4.74 Å². The van der Waals surface area contributed by atoms with E-state index in [2.05, 4.69) is 41.2 Å². The molecule has 1 N–H and O–H groups in total. The van der Waals surface area contributed by atoms with E-state index in [-0.39, 0.29) is 6.01 Å². The lowest BCUT2D eigenvalue weighted by Crippen LogP contribution is -2.06. The molecule has 1 aromatic carbocycles. The molecule has 3 rings (SSSR count). The number of hydrogen-bond donors (Lipinski definition) is 1. The molecule has 21 heavy (non-hydrogen) atoms. The van der Waals surface area contributed by atoms with Crippen LogP contribution in [0.2, 0.25) is 0 Å². The topological polar surface area (TPSA) is 77.8 Å². The number of imidazole rings is 1. The first-order valence-corrected chi connectivity index (χ1v) is 6.89. The molecule has 7 nitrogen and oxygen atoms in total. The normalized spacial score (nSPS) is 10.4. The molecule has 0 saturated heterocycles. The maximum absolute atomic E-state index is 5.66. The molecule has 0 radical (unpaired) electrons. The van der Waals surface area contributed by atoms with Gasteiger partial charge in [0.15, 0.2) is 0 Å². The largest absolute Gasteiger partial charge is 0.424 e. The van der Waals surface area contributed by atoms with Crippen molar-refractivity contribution in [2.75, 3.05) is 12.4 Å². The Morgan fingerprint density at radius 1 is 1.14 bits per heavy atom. The standard InChI is InChI=1S/C13H11BrN6O/c1-15-11-17-12(20-7-6-16-8-20)19-13(18-11)21-10-4-2-9(14)3-5-10/h2-8H,1H3,(H,15,17,18,19). The van der Waals surface area contributed by atoms with Crippen molar-refractivity contribution in [3.8, 4) is 17.7 Å². The van der Waals surface area contributed by atoms with E-state index in [1.807, 2.05) is 24.3 Å². The lowest BCUT2D eigenvalue weighted by Gasteiger charge is -2.08. The van der Waals surface area contributed by atoms with Gasteiger partial charge in [-0.2, -0.15) is 15.0 Å². The smallest absolute Gasteiger partial charge is 0.328 e. The summed E-state index contributed by atoms with van der Waals surface area (Å²) in [6, 6.07) is 7.62. The first kappa shape index (κ1) is 13.5. The van der Waals surface area contributed by atoms with Crippen LogP contribution in [0.3, 0.4) is 0 Å². The van der Waals surface area contributed by atoms with Crippen molar-refractivity contribution in [2.24, 2.45) is 0 Å². The van der Waals surface area contributed by atoms with Crippen LogP contribution in [-0.2, 0) is 0 Å². The van der Waals surface area contributed by atoms with Crippen molar-refractivity contribution < 1.29 is 4.74 Å². The third-order valence-corrected chi connectivity index (χ3v) is 3.11. The van der Waals surface area contributed by atoms with Crippen molar-refractivity contribution in [1.82, 2.24) is 24.5 Å². The predicted molar refractivity (Wildman–Crippen MR) is 80.7 cm³/mol. The van der Waals surface area contributed by atoms with E-state index < -0.39 is 0 Å². The Morgan fingerprint density at radius 3 is 2.62 bits per heavy atom. The van der Waals surface area contributed by atoms with E-state index in [0.717, 1.165) is 4.47 Å². The third kappa shape index (κ3) is 3.16. The minimum Gasteiger partial charge on any atom is -0.424 e. The van der Waals surface area contributed by atoms with Crippen LogP contribution in [0.4, 0.5) is 5.95 Å². The molecule has 0 fully saturated rings. The summed E-state index contributed by atoms with van der Waals surface area (Å²) < 4.78 is 8.31. The number of nitrogens with zero attached hydrogens (tertiary/aromatic N) is 5. The Hall–Kier alpha value is -2.48. The minimum absolute atomic E-state index is 0.209. The van der Waals surface area contributed by atoms with E-state index in [1.54, 1.807) is 30.3 Å². The number of anilines is 1. The van der Waals surface area contributed by atoms with Crippen LogP contribution < -0.4 is 10.1 Å². The fraction of sp³-hybridized carbons (Fsp3) is 0.0769. The average Bonchev–Trinajstić information content (AvgIpc) is 3.04. The first-order chi connectivity index (χ1) is 10.2. The Morgan fingerprint density at radius 2 is 1.95 bits per heavy atom. The summed E-state index contributed by atoms with van der Waals surface area (Å²) in [5.41, 5.74) is 0. The van der Waals surface area contributed by atoms with Gasteiger partial charge in [0, 0.05) is 23.9 Å². The zero-order chi connectivity index (χ0) is 14.7. The van der Waals surface area contributed by atoms with E-state index >= 15 is 0 Å². The van der Waals surface area contributed by atoms with Crippen molar-refractivity contribution in [3.63, 3.8) is 0 Å². The fourth-order valence-corrected chi connectivity index (χ4v) is 1.87. The summed E-state index contributed by atoms with van der Waals surface area (Å²) in [4.78, 5) is 16.7. The Bertz CT molecular complexity index is 729. The maximum atomic E-state index is 5.66. The van der Waals surface area contributed by atoms with Crippen molar-refractivity contribution in [1.29, 1.82) is 0 Å². The molecular weight excluding hydrogens is 336 g/mol. The van der Waals surface area contributed by atoms with Crippen LogP contribution in [0.25, 0.3) is 5.95 Å². The van der Waals surface area contributed by atoms with Crippen LogP contribution >= 0.6 is 15.9 Å². The predicted octanol–water partition coefficient (Wildman–Crippen LogP) is 2.65. The summed E-state index contributed by atoms with van der Waals surface area (Å²) in [5.74, 6) is 1.49. The van der Waals surface area contributed by atoms with Gasteiger partial charge in [-0.25, -0.2) is 4.98 Å². The average molecular weight is 347 g/mol. The van der Waals surface area contributed by atoms with Gasteiger partial charge in [-0.15, -0.1) is 0 Å². The molecular formula is C13H11BrN6O.